The number of benzene rings is 1. The maximum absolute atomic E-state index is 4.48. The van der Waals surface area contributed by atoms with E-state index in [0.29, 0.717) is 0 Å². The van der Waals surface area contributed by atoms with Crippen LogP contribution in [0.3, 0.4) is 0 Å². The van der Waals surface area contributed by atoms with Gasteiger partial charge in [-0.3, -0.25) is 5.10 Å². The van der Waals surface area contributed by atoms with Gasteiger partial charge in [0.15, 0.2) is 11.6 Å². The third kappa shape index (κ3) is 2.16. The van der Waals surface area contributed by atoms with Crippen molar-refractivity contribution in [2.75, 3.05) is 0 Å². The molecule has 3 nitrogen and oxygen atoms in total. The first kappa shape index (κ1) is 10.7. The lowest BCUT2D eigenvalue weighted by Gasteiger charge is -1.92. The Labute approximate surface area is 111 Å². The maximum Gasteiger partial charge on any atom is 0.182 e. The molecule has 0 amide bonds. The van der Waals surface area contributed by atoms with E-state index in [9.17, 15) is 0 Å². The van der Waals surface area contributed by atoms with Crippen LogP contribution >= 0.6 is 27.3 Å². The summed E-state index contributed by atoms with van der Waals surface area (Å²) in [6, 6.07) is 12.0. The molecular formula is C12H8BrN3S. The van der Waals surface area contributed by atoms with Gasteiger partial charge in [-0.1, -0.05) is 30.3 Å². The molecule has 84 valence electrons. The smallest absolute Gasteiger partial charge is 0.182 e. The molecular weight excluding hydrogens is 298 g/mol. The minimum absolute atomic E-state index is 0.728. The summed E-state index contributed by atoms with van der Waals surface area (Å²) in [5.41, 5.74) is 2.07. The number of nitrogens with zero attached hydrogens (tertiary/aromatic N) is 2. The summed E-state index contributed by atoms with van der Waals surface area (Å²) in [4.78, 5) is 4.48. The van der Waals surface area contributed by atoms with Crippen LogP contribution < -0.4 is 0 Å². The minimum atomic E-state index is 0.728. The summed E-state index contributed by atoms with van der Waals surface area (Å²) < 4.78 is 1.08. The van der Waals surface area contributed by atoms with Gasteiger partial charge in [0.05, 0.1) is 3.79 Å². The van der Waals surface area contributed by atoms with E-state index < -0.39 is 0 Å². The monoisotopic (exact) mass is 305 g/mol. The first-order chi connectivity index (χ1) is 8.33. The Morgan fingerprint density at radius 1 is 1.12 bits per heavy atom. The standard InChI is InChI=1S/C12H8BrN3S/c13-10-6-9(7-17-10)12-14-11(15-16-12)8-4-2-1-3-5-8/h1-7H,(H,14,15,16). The van der Waals surface area contributed by atoms with Crippen LogP contribution in [0.4, 0.5) is 0 Å². The topological polar surface area (TPSA) is 41.6 Å². The third-order valence-electron chi connectivity index (χ3n) is 2.36. The van der Waals surface area contributed by atoms with E-state index in [1.807, 2.05) is 41.8 Å². The van der Waals surface area contributed by atoms with Crippen molar-refractivity contribution in [3.05, 3.63) is 45.6 Å². The summed E-state index contributed by atoms with van der Waals surface area (Å²) in [5, 5.41) is 9.21. The number of nitrogens with one attached hydrogen (secondary N) is 1. The van der Waals surface area contributed by atoms with Gasteiger partial charge >= 0.3 is 0 Å². The van der Waals surface area contributed by atoms with Gasteiger partial charge in [-0.05, 0) is 22.0 Å². The van der Waals surface area contributed by atoms with Crippen molar-refractivity contribution in [2.24, 2.45) is 0 Å². The van der Waals surface area contributed by atoms with Gasteiger partial charge in [0.2, 0.25) is 0 Å². The molecule has 2 aromatic heterocycles. The van der Waals surface area contributed by atoms with Crippen LogP contribution in [0.25, 0.3) is 22.8 Å². The first-order valence-electron chi connectivity index (χ1n) is 5.05. The lowest BCUT2D eigenvalue weighted by molar-refractivity contribution is 1.10. The van der Waals surface area contributed by atoms with Crippen LogP contribution in [0.5, 0.6) is 0 Å². The van der Waals surface area contributed by atoms with Gasteiger partial charge in [0, 0.05) is 16.5 Å². The van der Waals surface area contributed by atoms with E-state index in [-0.39, 0.29) is 0 Å². The lowest BCUT2D eigenvalue weighted by atomic mass is 10.2. The summed E-state index contributed by atoms with van der Waals surface area (Å²) >= 11 is 5.06. The van der Waals surface area contributed by atoms with Crippen LogP contribution in [-0.4, -0.2) is 15.2 Å². The van der Waals surface area contributed by atoms with E-state index in [0.717, 1.165) is 26.6 Å². The Morgan fingerprint density at radius 3 is 2.65 bits per heavy atom. The van der Waals surface area contributed by atoms with E-state index in [1.165, 1.54) is 0 Å². The van der Waals surface area contributed by atoms with E-state index in [1.54, 1.807) is 11.3 Å². The quantitative estimate of drug-likeness (QED) is 0.778. The number of aromatic amines is 1. The third-order valence-corrected chi connectivity index (χ3v) is 3.86. The fourth-order valence-corrected chi connectivity index (χ4v) is 2.68. The van der Waals surface area contributed by atoms with Crippen LogP contribution in [0, 0.1) is 0 Å². The van der Waals surface area contributed by atoms with Crippen LogP contribution in [0.2, 0.25) is 0 Å². The zero-order chi connectivity index (χ0) is 11.7. The second kappa shape index (κ2) is 4.43. The summed E-state index contributed by atoms with van der Waals surface area (Å²) in [5.74, 6) is 1.52. The van der Waals surface area contributed by atoms with Crippen molar-refractivity contribution >= 4 is 27.3 Å². The normalized spacial score (nSPS) is 10.6. The molecule has 0 bridgehead atoms. The highest BCUT2D eigenvalue weighted by Gasteiger charge is 2.08. The van der Waals surface area contributed by atoms with Crippen molar-refractivity contribution < 1.29 is 0 Å². The molecule has 1 N–H and O–H groups in total. The molecule has 3 aromatic rings. The molecule has 0 fully saturated rings. The zero-order valence-corrected chi connectivity index (χ0v) is 11.1. The van der Waals surface area contributed by atoms with E-state index >= 15 is 0 Å². The molecule has 2 heterocycles. The molecule has 0 unspecified atom stereocenters. The summed E-state index contributed by atoms with van der Waals surface area (Å²) in [7, 11) is 0. The number of aromatic nitrogens is 3. The summed E-state index contributed by atoms with van der Waals surface area (Å²) in [6.07, 6.45) is 0. The molecule has 0 radical (unpaired) electrons. The Balaban J connectivity index is 1.99. The van der Waals surface area contributed by atoms with Gasteiger partial charge in [-0.15, -0.1) is 11.3 Å². The minimum Gasteiger partial charge on any atom is -0.259 e. The molecule has 17 heavy (non-hydrogen) atoms. The lowest BCUT2D eigenvalue weighted by Crippen LogP contribution is -1.79. The Morgan fingerprint density at radius 2 is 1.94 bits per heavy atom. The molecule has 0 spiro atoms. The van der Waals surface area contributed by atoms with Crippen molar-refractivity contribution in [2.45, 2.75) is 0 Å². The Kier molecular flexibility index (Phi) is 2.78. The number of rotatable bonds is 2. The van der Waals surface area contributed by atoms with Gasteiger partial charge < -0.3 is 0 Å². The van der Waals surface area contributed by atoms with Gasteiger partial charge in [0.25, 0.3) is 0 Å². The molecule has 0 aliphatic heterocycles. The van der Waals surface area contributed by atoms with Crippen molar-refractivity contribution in [3.8, 4) is 22.8 Å². The van der Waals surface area contributed by atoms with Crippen LogP contribution in [-0.2, 0) is 0 Å². The predicted octanol–water partition coefficient (Wildman–Crippen LogP) is 3.96. The van der Waals surface area contributed by atoms with Gasteiger partial charge in [-0.2, -0.15) is 5.10 Å². The van der Waals surface area contributed by atoms with Crippen molar-refractivity contribution in [1.82, 2.24) is 15.2 Å². The molecule has 1 aromatic carbocycles. The number of hydrogen-bond acceptors (Lipinski definition) is 3. The fourth-order valence-electron chi connectivity index (χ4n) is 1.54. The van der Waals surface area contributed by atoms with Crippen LogP contribution in [0.15, 0.2) is 45.6 Å². The molecule has 3 rings (SSSR count). The number of hydrogen-bond donors (Lipinski definition) is 1. The van der Waals surface area contributed by atoms with Gasteiger partial charge in [0.1, 0.15) is 0 Å². The van der Waals surface area contributed by atoms with Gasteiger partial charge in [-0.25, -0.2) is 4.98 Å². The molecule has 0 saturated heterocycles. The maximum atomic E-state index is 4.48. The molecule has 5 heteroatoms. The largest absolute Gasteiger partial charge is 0.259 e. The number of halogens is 1. The van der Waals surface area contributed by atoms with E-state index in [4.69, 9.17) is 0 Å². The molecule has 0 saturated carbocycles. The average molecular weight is 306 g/mol. The Hall–Kier alpha value is -1.46. The number of H-pyrrole nitrogens is 1. The fraction of sp³-hybridized carbons (Fsp3) is 0. The zero-order valence-electron chi connectivity index (χ0n) is 8.72. The van der Waals surface area contributed by atoms with Crippen molar-refractivity contribution in [3.63, 3.8) is 0 Å². The Bertz CT molecular complexity index is 630. The molecule has 0 aliphatic carbocycles. The highest BCUT2D eigenvalue weighted by Crippen LogP contribution is 2.27. The molecule has 0 atom stereocenters. The first-order valence-corrected chi connectivity index (χ1v) is 6.72. The predicted molar refractivity (Wildman–Crippen MR) is 72.8 cm³/mol. The highest BCUT2D eigenvalue weighted by molar-refractivity contribution is 9.11. The SMILES string of the molecule is Brc1cc(-c2n[nH]c(-c3ccccc3)n2)cs1. The van der Waals surface area contributed by atoms with Crippen LogP contribution in [0.1, 0.15) is 0 Å². The van der Waals surface area contributed by atoms with Crippen molar-refractivity contribution in [1.29, 1.82) is 0 Å². The van der Waals surface area contributed by atoms with E-state index in [2.05, 4.69) is 31.1 Å². The molecule has 0 aliphatic rings. The second-order valence-electron chi connectivity index (χ2n) is 3.51. The highest BCUT2D eigenvalue weighted by atomic mass is 79.9. The second-order valence-corrected chi connectivity index (χ2v) is 5.80. The number of thiophene rings is 1. The average Bonchev–Trinajstić information content (AvgIpc) is 2.98. The summed E-state index contributed by atoms with van der Waals surface area (Å²) in [6.45, 7) is 0.